The molecule has 8 heteroatoms. The minimum Gasteiger partial charge on any atom is -0.478 e. The molecule has 1 fully saturated rings. The van der Waals surface area contributed by atoms with Gasteiger partial charge >= 0.3 is 0 Å². The number of nitrogens with one attached hydrogen (secondary N) is 1. The summed E-state index contributed by atoms with van der Waals surface area (Å²) in [5, 5.41) is 5.59. The second kappa shape index (κ2) is 26.1. The molecule has 3 heterocycles. The van der Waals surface area contributed by atoms with Crippen LogP contribution >= 0.6 is 0 Å². The van der Waals surface area contributed by atoms with E-state index in [2.05, 4.69) is 125 Å². The Hall–Kier alpha value is -4.95. The first-order chi connectivity index (χ1) is 28.6. The van der Waals surface area contributed by atoms with E-state index in [1.807, 2.05) is 12.1 Å². The van der Waals surface area contributed by atoms with Crippen LogP contribution in [-0.2, 0) is 16.0 Å². The molecule has 58 heavy (non-hydrogen) atoms. The second-order valence-corrected chi connectivity index (χ2v) is 15.3. The molecule has 1 N–H and O–H groups in total. The van der Waals surface area contributed by atoms with Gasteiger partial charge in [0.1, 0.15) is 5.82 Å². The molecule has 2 aromatic carbocycles. The molecular formula is C50H67N5O3. The lowest BCUT2D eigenvalue weighted by molar-refractivity contribution is -0.121. The molecular weight excluding hydrogens is 719 g/mol. The quantitative estimate of drug-likeness (QED) is 0.0681. The lowest BCUT2D eigenvalue weighted by Gasteiger charge is -2.36. The van der Waals surface area contributed by atoms with Gasteiger partial charge in [0, 0.05) is 56.2 Å². The Kier molecular flexibility index (Phi) is 19.9. The maximum atomic E-state index is 12.9. The molecule has 2 amide bonds. The molecule has 2 aliphatic heterocycles. The van der Waals surface area contributed by atoms with E-state index in [0.29, 0.717) is 37.6 Å². The molecule has 3 aromatic rings. The normalized spacial score (nSPS) is 15.3. The maximum absolute atomic E-state index is 12.9. The SMILES string of the molecule is CCC=CCC=CCC=CCC=CCC=CCCCCCCC(=O)NCN1C(=O)CCc2ccc(OCCCCN3CCN(c4cccc5ccccc45)CC3)nc21. The molecule has 310 valence electrons. The van der Waals surface area contributed by atoms with Crippen molar-refractivity contribution in [3.8, 4) is 5.88 Å². The monoisotopic (exact) mass is 786 g/mol. The van der Waals surface area contributed by atoms with E-state index in [-0.39, 0.29) is 18.5 Å². The van der Waals surface area contributed by atoms with Crippen molar-refractivity contribution in [2.45, 2.75) is 103 Å². The van der Waals surface area contributed by atoms with Crippen molar-refractivity contribution >= 4 is 34.1 Å². The van der Waals surface area contributed by atoms with Crippen LogP contribution in [0.5, 0.6) is 5.88 Å². The van der Waals surface area contributed by atoms with Crippen molar-refractivity contribution in [3.05, 3.63) is 121 Å². The first-order valence-corrected chi connectivity index (χ1v) is 22.0. The highest BCUT2D eigenvalue weighted by Crippen LogP contribution is 2.29. The second-order valence-electron chi connectivity index (χ2n) is 15.3. The summed E-state index contributed by atoms with van der Waals surface area (Å²) in [6.07, 6.45) is 36.0. The zero-order valence-electron chi connectivity index (χ0n) is 35.0. The third-order valence-electron chi connectivity index (χ3n) is 10.8. The molecule has 0 radical (unpaired) electrons. The Labute approximate surface area is 348 Å². The summed E-state index contributed by atoms with van der Waals surface area (Å²) < 4.78 is 6.06. The Morgan fingerprint density at radius 1 is 0.724 bits per heavy atom. The predicted octanol–water partition coefficient (Wildman–Crippen LogP) is 10.7. The summed E-state index contributed by atoms with van der Waals surface area (Å²) in [4.78, 5) is 37.0. The summed E-state index contributed by atoms with van der Waals surface area (Å²) in [5.74, 6) is 1.08. The Balaban J connectivity index is 0.895. The van der Waals surface area contributed by atoms with Gasteiger partial charge in [-0.2, -0.15) is 4.98 Å². The van der Waals surface area contributed by atoms with Crippen LogP contribution in [0, 0.1) is 0 Å². The molecule has 2 aliphatic rings. The van der Waals surface area contributed by atoms with E-state index < -0.39 is 0 Å². The fourth-order valence-electron chi connectivity index (χ4n) is 7.46. The summed E-state index contributed by atoms with van der Waals surface area (Å²) >= 11 is 0. The van der Waals surface area contributed by atoms with Crippen LogP contribution in [0.4, 0.5) is 11.5 Å². The lowest BCUT2D eigenvalue weighted by Crippen LogP contribution is -2.46. The zero-order valence-corrected chi connectivity index (χ0v) is 35.0. The molecule has 0 bridgehead atoms. The van der Waals surface area contributed by atoms with Crippen molar-refractivity contribution in [3.63, 3.8) is 0 Å². The number of benzene rings is 2. The number of carbonyl (C=O) groups is 2. The van der Waals surface area contributed by atoms with Gasteiger partial charge in [-0.1, -0.05) is 117 Å². The average Bonchev–Trinajstić information content (AvgIpc) is 3.25. The number of amides is 2. The third-order valence-corrected chi connectivity index (χ3v) is 10.8. The molecule has 0 saturated carbocycles. The van der Waals surface area contributed by atoms with Gasteiger partial charge in [-0.05, 0) is 100 Å². The first kappa shape index (κ1) is 44.2. The largest absolute Gasteiger partial charge is 0.478 e. The Morgan fingerprint density at radius 2 is 1.41 bits per heavy atom. The van der Waals surface area contributed by atoms with Crippen molar-refractivity contribution in [1.82, 2.24) is 15.2 Å². The van der Waals surface area contributed by atoms with E-state index in [1.54, 1.807) is 4.90 Å². The van der Waals surface area contributed by atoms with E-state index in [0.717, 1.165) is 115 Å². The van der Waals surface area contributed by atoms with Gasteiger partial charge in [0.2, 0.25) is 17.7 Å². The van der Waals surface area contributed by atoms with Crippen LogP contribution in [0.3, 0.4) is 0 Å². The molecule has 1 saturated heterocycles. The van der Waals surface area contributed by atoms with Gasteiger partial charge in [0.15, 0.2) is 0 Å². The fourth-order valence-corrected chi connectivity index (χ4v) is 7.46. The maximum Gasteiger partial charge on any atom is 0.229 e. The number of nitrogens with zero attached hydrogens (tertiary/aromatic N) is 4. The molecule has 0 aliphatic carbocycles. The zero-order chi connectivity index (χ0) is 40.5. The van der Waals surface area contributed by atoms with Gasteiger partial charge in [-0.3, -0.25) is 19.4 Å². The Morgan fingerprint density at radius 3 is 2.17 bits per heavy atom. The van der Waals surface area contributed by atoms with Crippen LogP contribution in [0.2, 0.25) is 0 Å². The number of rotatable bonds is 25. The van der Waals surface area contributed by atoms with Gasteiger partial charge in [0.25, 0.3) is 0 Å². The van der Waals surface area contributed by atoms with Crippen LogP contribution in [0.25, 0.3) is 10.8 Å². The number of allylic oxidation sites excluding steroid dienone is 10. The number of piperazine rings is 1. The standard InChI is InChI=1S/C50H67N5O3/c1-2-3-4-5-6-7-8-9-10-11-12-13-14-15-16-17-18-19-20-21-31-47(56)51-42-55-49(57)35-33-44-32-34-48(52-50(44)55)58-41-25-24-36-53-37-39-54(40-38-53)46-30-26-28-43-27-22-23-29-45(43)46/h3-4,6-7,9-10,12-13,15-16,22-23,26-30,32,34H,2,5,8,11,14,17-21,24-25,31,33,35-42H2,1H3,(H,51,56). The van der Waals surface area contributed by atoms with E-state index in [9.17, 15) is 9.59 Å². The van der Waals surface area contributed by atoms with Crippen molar-refractivity contribution in [2.75, 3.05) is 55.8 Å². The number of aryl methyl sites for hydroxylation is 1. The van der Waals surface area contributed by atoms with Crippen LogP contribution in [0.15, 0.2) is 115 Å². The smallest absolute Gasteiger partial charge is 0.229 e. The molecule has 5 rings (SSSR count). The summed E-state index contributed by atoms with van der Waals surface area (Å²) in [5.41, 5.74) is 2.35. The van der Waals surface area contributed by atoms with E-state index in [1.165, 1.54) is 16.5 Å². The topological polar surface area (TPSA) is 78.0 Å². The van der Waals surface area contributed by atoms with Gasteiger partial charge in [-0.25, -0.2) is 0 Å². The molecule has 0 unspecified atom stereocenters. The Bertz CT molecular complexity index is 1830. The first-order valence-electron chi connectivity index (χ1n) is 22.0. The van der Waals surface area contributed by atoms with Crippen LogP contribution in [0.1, 0.15) is 102 Å². The molecule has 0 atom stereocenters. The number of aromatic nitrogens is 1. The summed E-state index contributed by atoms with van der Waals surface area (Å²) in [6.45, 7) is 8.11. The summed E-state index contributed by atoms with van der Waals surface area (Å²) in [7, 11) is 0. The highest BCUT2D eigenvalue weighted by Gasteiger charge is 2.26. The average molecular weight is 786 g/mol. The number of ether oxygens (including phenoxy) is 1. The fraction of sp³-hybridized carbons (Fsp3) is 0.460. The minimum absolute atomic E-state index is 0.0203. The number of pyridine rings is 1. The van der Waals surface area contributed by atoms with Gasteiger partial charge in [0.05, 0.1) is 13.3 Å². The van der Waals surface area contributed by atoms with E-state index in [4.69, 9.17) is 9.72 Å². The van der Waals surface area contributed by atoms with Crippen LogP contribution < -0.4 is 19.9 Å². The number of unbranched alkanes of at least 4 members (excludes halogenated alkanes) is 5. The number of hydrogen-bond acceptors (Lipinski definition) is 6. The third kappa shape index (κ3) is 15.4. The number of fused-ring (bicyclic) bond motifs is 2. The number of anilines is 2. The number of hydrogen-bond donors (Lipinski definition) is 1. The van der Waals surface area contributed by atoms with Crippen LogP contribution in [-0.4, -0.2) is 67.7 Å². The van der Waals surface area contributed by atoms with E-state index >= 15 is 0 Å². The number of carbonyl (C=O) groups excluding carboxylic acids is 2. The molecule has 8 nitrogen and oxygen atoms in total. The lowest BCUT2D eigenvalue weighted by atomic mass is 10.1. The van der Waals surface area contributed by atoms with Gasteiger partial charge in [-0.15, -0.1) is 0 Å². The molecule has 1 aromatic heterocycles. The van der Waals surface area contributed by atoms with Gasteiger partial charge < -0.3 is 15.0 Å². The van der Waals surface area contributed by atoms with Crippen molar-refractivity contribution in [2.24, 2.45) is 0 Å². The predicted molar refractivity (Wildman–Crippen MR) is 243 cm³/mol. The van der Waals surface area contributed by atoms with Crippen molar-refractivity contribution < 1.29 is 14.3 Å². The van der Waals surface area contributed by atoms with Crippen molar-refractivity contribution in [1.29, 1.82) is 0 Å². The highest BCUT2D eigenvalue weighted by molar-refractivity contribution is 5.96. The molecule has 0 spiro atoms. The summed E-state index contributed by atoms with van der Waals surface area (Å²) in [6, 6.07) is 19.1. The highest BCUT2D eigenvalue weighted by atomic mass is 16.5. The minimum atomic E-state index is -0.0277.